The Balaban J connectivity index is 1.40. The lowest BCUT2D eigenvalue weighted by Gasteiger charge is -2.41. The molecule has 10 heteroatoms. The van der Waals surface area contributed by atoms with Crippen molar-refractivity contribution in [3.05, 3.63) is 48.3 Å². The van der Waals surface area contributed by atoms with E-state index in [4.69, 9.17) is 8.83 Å². The highest BCUT2D eigenvalue weighted by molar-refractivity contribution is 5.94. The van der Waals surface area contributed by atoms with Gasteiger partial charge in [-0.15, -0.1) is 0 Å². The summed E-state index contributed by atoms with van der Waals surface area (Å²) in [7, 11) is 0. The summed E-state index contributed by atoms with van der Waals surface area (Å²) in [5.41, 5.74) is 0.846. The third-order valence-corrected chi connectivity index (χ3v) is 5.87. The van der Waals surface area contributed by atoms with Crippen molar-refractivity contribution in [3.8, 4) is 0 Å². The second kappa shape index (κ2) is 12.1. The lowest BCUT2D eigenvalue weighted by atomic mass is 10.0. The summed E-state index contributed by atoms with van der Waals surface area (Å²) in [5.74, 6) is -0.581. The lowest BCUT2D eigenvalue weighted by Crippen LogP contribution is -2.51. The Morgan fingerprint density at radius 1 is 0.941 bits per heavy atom. The van der Waals surface area contributed by atoms with Crippen molar-refractivity contribution in [2.75, 3.05) is 26.2 Å². The number of furan rings is 2. The van der Waals surface area contributed by atoms with Crippen LogP contribution in [0.2, 0.25) is 0 Å². The predicted octanol–water partition coefficient (Wildman–Crippen LogP) is 2.04. The Morgan fingerprint density at radius 2 is 1.47 bits per heavy atom. The first-order valence-corrected chi connectivity index (χ1v) is 11.6. The van der Waals surface area contributed by atoms with Crippen LogP contribution in [0, 0.1) is 0 Å². The van der Waals surface area contributed by atoms with Crippen molar-refractivity contribution in [1.82, 2.24) is 20.4 Å². The van der Waals surface area contributed by atoms with Gasteiger partial charge in [0.05, 0.1) is 23.7 Å². The van der Waals surface area contributed by atoms with Gasteiger partial charge in [0.2, 0.25) is 11.8 Å². The van der Waals surface area contributed by atoms with E-state index in [0.717, 1.165) is 0 Å². The zero-order valence-electron chi connectivity index (χ0n) is 19.6. The first-order valence-electron chi connectivity index (χ1n) is 11.6. The van der Waals surface area contributed by atoms with Gasteiger partial charge >= 0.3 is 0 Å². The molecule has 0 radical (unpaired) electrons. The second-order valence-electron chi connectivity index (χ2n) is 8.54. The summed E-state index contributed by atoms with van der Waals surface area (Å²) in [6.07, 6.45) is 7.38. The number of piperidine rings is 1. The van der Waals surface area contributed by atoms with Crippen molar-refractivity contribution in [2.45, 2.75) is 51.6 Å². The highest BCUT2D eigenvalue weighted by atomic mass is 16.3. The molecule has 1 fully saturated rings. The number of carbonyl (C=O) groups is 4. The molecule has 0 saturated carbocycles. The molecule has 3 rings (SSSR count). The van der Waals surface area contributed by atoms with E-state index in [9.17, 15) is 19.2 Å². The van der Waals surface area contributed by atoms with Crippen molar-refractivity contribution in [2.24, 2.45) is 0 Å². The fraction of sp³-hybridized carbons (Fsp3) is 0.500. The zero-order chi connectivity index (χ0) is 24.5. The van der Waals surface area contributed by atoms with Crippen LogP contribution in [0.1, 0.15) is 60.2 Å². The highest BCUT2D eigenvalue weighted by Crippen LogP contribution is 2.20. The minimum Gasteiger partial charge on any atom is -0.472 e. The number of nitrogens with zero attached hydrogens (tertiary/aromatic N) is 2. The van der Waals surface area contributed by atoms with Crippen LogP contribution in [0.4, 0.5) is 0 Å². The summed E-state index contributed by atoms with van der Waals surface area (Å²) in [5, 5.41) is 5.45. The first kappa shape index (κ1) is 25.1. The van der Waals surface area contributed by atoms with E-state index in [2.05, 4.69) is 10.6 Å². The van der Waals surface area contributed by atoms with Gasteiger partial charge in [0.25, 0.3) is 11.8 Å². The van der Waals surface area contributed by atoms with Crippen LogP contribution >= 0.6 is 0 Å². The molecule has 0 unspecified atom stereocenters. The molecule has 0 aromatic carbocycles. The maximum absolute atomic E-state index is 12.9. The molecule has 2 aromatic rings. The van der Waals surface area contributed by atoms with Gasteiger partial charge in [-0.3, -0.25) is 19.2 Å². The minimum atomic E-state index is -0.273. The average Bonchev–Trinajstić information content (AvgIpc) is 3.54. The third kappa shape index (κ3) is 6.72. The number of carbonyl (C=O) groups excluding carboxylic acids is 4. The second-order valence-corrected chi connectivity index (χ2v) is 8.54. The van der Waals surface area contributed by atoms with Crippen molar-refractivity contribution in [3.63, 3.8) is 0 Å². The SMILES string of the molecule is CC(C)N(C(=O)CCNC(=O)c1ccoc1)C1CCN(C(=O)CCNC(=O)c2ccoc2)CC1. The van der Waals surface area contributed by atoms with Crippen LogP contribution in [0.3, 0.4) is 0 Å². The summed E-state index contributed by atoms with van der Waals surface area (Å²) >= 11 is 0. The molecule has 10 nitrogen and oxygen atoms in total. The zero-order valence-corrected chi connectivity index (χ0v) is 19.6. The van der Waals surface area contributed by atoms with E-state index in [1.807, 2.05) is 18.7 Å². The average molecular weight is 473 g/mol. The number of nitrogens with one attached hydrogen (secondary N) is 2. The molecule has 4 amide bonds. The normalized spacial score (nSPS) is 14.1. The topological polar surface area (TPSA) is 125 Å². The molecule has 1 aliphatic rings. The monoisotopic (exact) mass is 472 g/mol. The third-order valence-electron chi connectivity index (χ3n) is 5.87. The number of rotatable bonds is 10. The maximum Gasteiger partial charge on any atom is 0.254 e. The van der Waals surface area contributed by atoms with Gasteiger partial charge in [0, 0.05) is 51.1 Å². The Labute approximate surface area is 198 Å². The van der Waals surface area contributed by atoms with E-state index in [1.54, 1.807) is 17.0 Å². The highest BCUT2D eigenvalue weighted by Gasteiger charge is 2.30. The van der Waals surface area contributed by atoms with Crippen LogP contribution in [-0.4, -0.2) is 71.7 Å². The van der Waals surface area contributed by atoms with Crippen molar-refractivity contribution >= 4 is 23.6 Å². The number of hydrogen-bond donors (Lipinski definition) is 2. The Morgan fingerprint density at radius 3 is 1.94 bits per heavy atom. The van der Waals surface area contributed by atoms with Gasteiger partial charge in [0.1, 0.15) is 12.5 Å². The van der Waals surface area contributed by atoms with Crippen LogP contribution in [0.15, 0.2) is 46.0 Å². The molecule has 184 valence electrons. The lowest BCUT2D eigenvalue weighted by molar-refractivity contribution is -0.138. The number of amides is 4. The van der Waals surface area contributed by atoms with E-state index in [1.165, 1.54) is 25.1 Å². The minimum absolute atomic E-state index is 0.0162. The Hall–Kier alpha value is -3.56. The maximum atomic E-state index is 12.9. The number of hydrogen-bond acceptors (Lipinski definition) is 6. The van der Waals surface area contributed by atoms with Gasteiger partial charge in [-0.05, 0) is 38.8 Å². The van der Waals surface area contributed by atoms with Crippen molar-refractivity contribution in [1.29, 1.82) is 0 Å². The van der Waals surface area contributed by atoms with Crippen LogP contribution < -0.4 is 10.6 Å². The molecule has 1 saturated heterocycles. The number of likely N-dealkylation sites (tertiary alicyclic amines) is 1. The van der Waals surface area contributed by atoms with Crippen LogP contribution in [0.5, 0.6) is 0 Å². The molecule has 34 heavy (non-hydrogen) atoms. The van der Waals surface area contributed by atoms with E-state index in [0.29, 0.717) is 37.1 Å². The summed E-state index contributed by atoms with van der Waals surface area (Å²) < 4.78 is 9.78. The summed E-state index contributed by atoms with van der Waals surface area (Å²) in [6.45, 7) is 5.57. The van der Waals surface area contributed by atoms with E-state index in [-0.39, 0.29) is 61.6 Å². The smallest absolute Gasteiger partial charge is 0.254 e. The molecule has 2 aromatic heterocycles. The summed E-state index contributed by atoms with van der Waals surface area (Å²) in [6, 6.07) is 3.20. The van der Waals surface area contributed by atoms with Gasteiger partial charge in [0.15, 0.2) is 0 Å². The first-order chi connectivity index (χ1) is 16.4. The van der Waals surface area contributed by atoms with Gasteiger partial charge in [-0.2, -0.15) is 0 Å². The molecule has 1 aliphatic heterocycles. The fourth-order valence-corrected chi connectivity index (χ4v) is 4.15. The molecule has 2 N–H and O–H groups in total. The van der Waals surface area contributed by atoms with Gasteiger partial charge < -0.3 is 29.3 Å². The van der Waals surface area contributed by atoms with E-state index < -0.39 is 0 Å². The predicted molar refractivity (Wildman–Crippen MR) is 123 cm³/mol. The van der Waals surface area contributed by atoms with Gasteiger partial charge in [-0.1, -0.05) is 0 Å². The molecule has 0 spiro atoms. The summed E-state index contributed by atoms with van der Waals surface area (Å²) in [4.78, 5) is 53.0. The largest absolute Gasteiger partial charge is 0.472 e. The molecule has 3 heterocycles. The van der Waals surface area contributed by atoms with Crippen molar-refractivity contribution < 1.29 is 28.0 Å². The standard InChI is InChI=1S/C24H32N4O6/c1-17(2)28(22(30)4-10-26-24(32)19-8-14-34-16-19)20-5-11-27(12-6-20)21(29)3-9-25-23(31)18-7-13-33-15-18/h7-8,13-17,20H,3-6,9-12H2,1-2H3,(H,25,31)(H,26,32). The Bertz CT molecular complexity index is 946. The molecule has 0 atom stereocenters. The van der Waals surface area contributed by atoms with Crippen LogP contribution in [0.25, 0.3) is 0 Å². The molecular weight excluding hydrogens is 440 g/mol. The fourth-order valence-electron chi connectivity index (χ4n) is 4.15. The molecule has 0 aliphatic carbocycles. The molecular formula is C24H32N4O6. The Kier molecular flexibility index (Phi) is 8.89. The van der Waals surface area contributed by atoms with Crippen LogP contribution in [-0.2, 0) is 9.59 Å². The molecule has 0 bridgehead atoms. The van der Waals surface area contributed by atoms with E-state index >= 15 is 0 Å². The van der Waals surface area contributed by atoms with Gasteiger partial charge in [-0.25, -0.2) is 0 Å². The quantitative estimate of drug-likeness (QED) is 0.545.